The lowest BCUT2D eigenvalue weighted by Gasteiger charge is -2.08. The summed E-state index contributed by atoms with van der Waals surface area (Å²) in [5, 5.41) is 19.0. The molecule has 0 spiro atoms. The van der Waals surface area contributed by atoms with Gasteiger partial charge in [0.1, 0.15) is 17.2 Å². The van der Waals surface area contributed by atoms with Gasteiger partial charge >= 0.3 is 0 Å². The van der Waals surface area contributed by atoms with Crippen molar-refractivity contribution in [2.75, 3.05) is 7.11 Å². The molecule has 0 aromatic heterocycles. The van der Waals surface area contributed by atoms with Gasteiger partial charge in [-0.15, -0.1) is 5.11 Å². The zero-order chi connectivity index (χ0) is 18.0. The Balaban J connectivity index is 2.15. The zero-order valence-electron chi connectivity index (χ0n) is 13.1. The highest BCUT2D eigenvalue weighted by molar-refractivity contribution is 7.86. The molecule has 7 nitrogen and oxygen atoms in total. The van der Waals surface area contributed by atoms with E-state index in [0.29, 0.717) is 22.2 Å². The van der Waals surface area contributed by atoms with Crippen molar-refractivity contribution in [3.8, 4) is 11.5 Å². The normalized spacial score (nSPS) is 11.9. The Morgan fingerprint density at radius 3 is 2.32 bits per heavy atom. The minimum absolute atomic E-state index is 0.158. The van der Waals surface area contributed by atoms with Crippen LogP contribution in [-0.4, -0.2) is 25.2 Å². The first-order valence-electron chi connectivity index (χ1n) is 7.18. The number of phenols is 1. The van der Waals surface area contributed by atoms with E-state index in [1.807, 2.05) is 0 Å². The SMILES string of the molecule is COc1ccc(N=Nc2cc3ccccc3c(O)c2S(=O)(=O)O)cc1. The van der Waals surface area contributed by atoms with E-state index >= 15 is 0 Å². The van der Waals surface area contributed by atoms with Crippen molar-refractivity contribution in [2.24, 2.45) is 10.2 Å². The lowest BCUT2D eigenvalue weighted by atomic mass is 10.1. The van der Waals surface area contributed by atoms with Crippen LogP contribution in [0.5, 0.6) is 11.5 Å². The number of phenolic OH excluding ortho intramolecular Hbond substituents is 1. The van der Waals surface area contributed by atoms with Crippen LogP contribution in [0.4, 0.5) is 11.4 Å². The summed E-state index contributed by atoms with van der Waals surface area (Å²) >= 11 is 0. The van der Waals surface area contributed by atoms with Crippen molar-refractivity contribution < 1.29 is 22.8 Å². The van der Waals surface area contributed by atoms with Crippen molar-refractivity contribution in [2.45, 2.75) is 4.90 Å². The molecule has 0 aliphatic rings. The van der Waals surface area contributed by atoms with Crippen molar-refractivity contribution in [1.82, 2.24) is 0 Å². The lowest BCUT2D eigenvalue weighted by molar-refractivity contribution is 0.415. The molecule has 0 amide bonds. The Bertz CT molecular complexity index is 1060. The van der Waals surface area contributed by atoms with Crippen LogP contribution in [0, 0.1) is 0 Å². The summed E-state index contributed by atoms with van der Waals surface area (Å²) in [5.41, 5.74) is 0.296. The van der Waals surface area contributed by atoms with Gasteiger partial charge in [0.25, 0.3) is 10.1 Å². The van der Waals surface area contributed by atoms with E-state index in [-0.39, 0.29) is 5.69 Å². The summed E-state index contributed by atoms with van der Waals surface area (Å²) in [7, 11) is -3.16. The van der Waals surface area contributed by atoms with Crippen LogP contribution >= 0.6 is 0 Å². The van der Waals surface area contributed by atoms with E-state index in [0.717, 1.165) is 0 Å². The second-order valence-corrected chi connectivity index (χ2v) is 6.53. The Morgan fingerprint density at radius 1 is 1.00 bits per heavy atom. The lowest BCUT2D eigenvalue weighted by Crippen LogP contribution is -1.99. The molecule has 2 N–H and O–H groups in total. The van der Waals surface area contributed by atoms with E-state index in [4.69, 9.17) is 4.74 Å². The van der Waals surface area contributed by atoms with Crippen molar-refractivity contribution in [3.05, 3.63) is 54.6 Å². The Kier molecular flexibility index (Phi) is 4.39. The number of benzene rings is 3. The maximum absolute atomic E-state index is 11.7. The van der Waals surface area contributed by atoms with Gasteiger partial charge in [0.15, 0.2) is 4.90 Å². The number of aromatic hydroxyl groups is 1. The first-order valence-corrected chi connectivity index (χ1v) is 8.62. The molecular formula is C17H14N2O5S. The third kappa shape index (κ3) is 3.44. The summed E-state index contributed by atoms with van der Waals surface area (Å²) in [5.74, 6) is 0.0743. The Labute approximate surface area is 144 Å². The van der Waals surface area contributed by atoms with Crippen molar-refractivity contribution in [1.29, 1.82) is 0 Å². The molecule has 8 heteroatoms. The fourth-order valence-electron chi connectivity index (χ4n) is 2.38. The van der Waals surface area contributed by atoms with Gasteiger partial charge in [-0.2, -0.15) is 13.5 Å². The number of fused-ring (bicyclic) bond motifs is 1. The van der Waals surface area contributed by atoms with Crippen LogP contribution in [0.3, 0.4) is 0 Å². The molecule has 128 valence electrons. The third-order valence-corrected chi connectivity index (χ3v) is 4.48. The molecule has 3 rings (SSSR count). The summed E-state index contributed by atoms with van der Waals surface area (Å²) in [4.78, 5) is -0.677. The first-order chi connectivity index (χ1) is 11.9. The molecule has 0 fully saturated rings. The van der Waals surface area contributed by atoms with Crippen LogP contribution in [-0.2, 0) is 10.1 Å². The molecule has 0 heterocycles. The average molecular weight is 358 g/mol. The van der Waals surface area contributed by atoms with Crippen molar-refractivity contribution in [3.63, 3.8) is 0 Å². The second-order valence-electron chi connectivity index (χ2n) is 5.17. The standard InChI is InChI=1S/C17H14N2O5S/c1-24-13-8-6-12(7-9-13)18-19-15-10-11-4-2-3-5-14(11)16(20)17(15)25(21,22)23/h2-10,20H,1H3,(H,21,22,23). The molecule has 0 atom stereocenters. The molecule has 0 saturated carbocycles. The fraction of sp³-hybridized carbons (Fsp3) is 0.0588. The van der Waals surface area contributed by atoms with E-state index in [2.05, 4.69) is 10.2 Å². The second kappa shape index (κ2) is 6.50. The predicted molar refractivity (Wildman–Crippen MR) is 92.6 cm³/mol. The van der Waals surface area contributed by atoms with Crippen LogP contribution in [0.15, 0.2) is 69.7 Å². The van der Waals surface area contributed by atoms with Gasteiger partial charge < -0.3 is 9.84 Å². The number of methoxy groups -OCH3 is 1. The number of ether oxygens (including phenoxy) is 1. The highest BCUT2D eigenvalue weighted by Gasteiger charge is 2.23. The quantitative estimate of drug-likeness (QED) is 0.536. The third-order valence-electron chi connectivity index (χ3n) is 3.56. The average Bonchev–Trinajstić information content (AvgIpc) is 2.59. The van der Waals surface area contributed by atoms with Gasteiger partial charge in [0.05, 0.1) is 12.8 Å². The smallest absolute Gasteiger partial charge is 0.300 e. The monoisotopic (exact) mass is 358 g/mol. The Hall–Kier alpha value is -2.97. The number of hydrogen-bond donors (Lipinski definition) is 2. The zero-order valence-corrected chi connectivity index (χ0v) is 13.9. The van der Waals surface area contributed by atoms with Gasteiger partial charge in [-0.25, -0.2) is 0 Å². The van der Waals surface area contributed by atoms with Gasteiger partial charge in [0, 0.05) is 5.39 Å². The summed E-state index contributed by atoms with van der Waals surface area (Å²) in [6, 6.07) is 14.7. The molecule has 0 bridgehead atoms. The van der Waals surface area contributed by atoms with Crippen LogP contribution < -0.4 is 4.74 Å². The topological polar surface area (TPSA) is 109 Å². The molecule has 0 radical (unpaired) electrons. The molecule has 3 aromatic rings. The minimum atomic E-state index is -4.69. The summed E-state index contributed by atoms with van der Waals surface area (Å²) < 4.78 is 37.9. The fourth-order valence-corrected chi connectivity index (χ4v) is 3.10. The minimum Gasteiger partial charge on any atom is -0.506 e. The van der Waals surface area contributed by atoms with Crippen LogP contribution in [0.25, 0.3) is 10.8 Å². The van der Waals surface area contributed by atoms with Gasteiger partial charge in [-0.1, -0.05) is 24.3 Å². The molecular weight excluding hydrogens is 344 g/mol. The number of nitrogens with zero attached hydrogens (tertiary/aromatic N) is 2. The highest BCUT2D eigenvalue weighted by Crippen LogP contribution is 2.40. The summed E-state index contributed by atoms with van der Waals surface area (Å²) in [6.45, 7) is 0. The summed E-state index contributed by atoms with van der Waals surface area (Å²) in [6.07, 6.45) is 0. The molecule has 0 aliphatic carbocycles. The number of azo groups is 1. The van der Waals surface area contributed by atoms with Gasteiger partial charge in [-0.3, -0.25) is 4.55 Å². The molecule has 0 saturated heterocycles. The first kappa shape index (κ1) is 16.9. The Morgan fingerprint density at radius 2 is 1.68 bits per heavy atom. The highest BCUT2D eigenvalue weighted by atomic mass is 32.2. The van der Waals surface area contributed by atoms with Crippen LogP contribution in [0.1, 0.15) is 0 Å². The molecule has 25 heavy (non-hydrogen) atoms. The molecule has 0 unspecified atom stereocenters. The molecule has 0 aliphatic heterocycles. The van der Waals surface area contributed by atoms with E-state index in [1.54, 1.807) is 48.5 Å². The largest absolute Gasteiger partial charge is 0.506 e. The molecule has 3 aromatic carbocycles. The van der Waals surface area contributed by atoms with E-state index in [9.17, 15) is 18.1 Å². The van der Waals surface area contributed by atoms with E-state index in [1.165, 1.54) is 13.2 Å². The van der Waals surface area contributed by atoms with Crippen LogP contribution in [0.2, 0.25) is 0 Å². The van der Waals surface area contributed by atoms with Gasteiger partial charge in [0.2, 0.25) is 0 Å². The maximum Gasteiger partial charge on any atom is 0.300 e. The van der Waals surface area contributed by atoms with Gasteiger partial charge in [-0.05, 0) is 35.7 Å². The number of hydrogen-bond acceptors (Lipinski definition) is 6. The number of rotatable bonds is 4. The predicted octanol–water partition coefficient (Wildman–Crippen LogP) is 4.22. The van der Waals surface area contributed by atoms with Crippen molar-refractivity contribution >= 4 is 32.3 Å². The van der Waals surface area contributed by atoms with E-state index < -0.39 is 20.8 Å². The maximum atomic E-state index is 11.7.